The predicted octanol–water partition coefficient (Wildman–Crippen LogP) is 3.10. The van der Waals surface area contributed by atoms with Crippen LogP contribution in [-0.4, -0.2) is 16.7 Å². The molecule has 0 aliphatic heterocycles. The van der Waals surface area contributed by atoms with Gasteiger partial charge in [-0.1, -0.05) is 30.3 Å². The zero-order valence-corrected chi connectivity index (χ0v) is 13.9. The summed E-state index contributed by atoms with van der Waals surface area (Å²) in [5, 5.41) is 10.2. The molecule has 0 saturated carbocycles. The Hall–Kier alpha value is -3.54. The normalized spacial score (nSPS) is 10.3. The number of nitrogens with two attached hydrogens (primary N) is 1. The third-order valence-electron chi connectivity index (χ3n) is 3.92. The van der Waals surface area contributed by atoms with E-state index >= 15 is 0 Å². The number of hydrogen-bond acceptors (Lipinski definition) is 3. The van der Waals surface area contributed by atoms with Gasteiger partial charge in [-0.3, -0.25) is 15.2 Å². The zero-order valence-electron chi connectivity index (χ0n) is 13.9. The van der Waals surface area contributed by atoms with Gasteiger partial charge < -0.3 is 11.1 Å². The molecule has 0 aliphatic carbocycles. The molecule has 5 nitrogen and oxygen atoms in total. The molecular weight excluding hydrogens is 331 g/mol. The van der Waals surface area contributed by atoms with Crippen molar-refractivity contribution in [3.05, 3.63) is 89.5 Å². The molecule has 0 radical (unpaired) electrons. The highest BCUT2D eigenvalue weighted by Crippen LogP contribution is 2.24. The van der Waals surface area contributed by atoms with Crippen LogP contribution in [0.15, 0.2) is 67.0 Å². The van der Waals surface area contributed by atoms with Crippen LogP contribution in [0.25, 0.3) is 11.1 Å². The van der Waals surface area contributed by atoms with Gasteiger partial charge in [0.25, 0.3) is 5.91 Å². The number of amidine groups is 1. The van der Waals surface area contributed by atoms with Crippen LogP contribution in [0.5, 0.6) is 0 Å². The van der Waals surface area contributed by atoms with E-state index in [2.05, 4.69) is 10.3 Å². The Morgan fingerprint density at radius 3 is 2.58 bits per heavy atom. The maximum Gasteiger partial charge on any atom is 0.252 e. The summed E-state index contributed by atoms with van der Waals surface area (Å²) >= 11 is 0. The summed E-state index contributed by atoms with van der Waals surface area (Å²) in [6.07, 6.45) is 3.21. The van der Waals surface area contributed by atoms with Gasteiger partial charge >= 0.3 is 0 Å². The first-order valence-electron chi connectivity index (χ1n) is 7.96. The summed E-state index contributed by atoms with van der Waals surface area (Å²) in [6.45, 7) is 0.306. The van der Waals surface area contributed by atoms with Gasteiger partial charge in [0.15, 0.2) is 0 Å². The molecule has 0 unspecified atom stereocenters. The third kappa shape index (κ3) is 3.92. The lowest BCUT2D eigenvalue weighted by atomic mass is 10.00. The molecule has 2 aromatic carbocycles. The number of carbonyl (C=O) groups is 1. The molecule has 1 heterocycles. The fourth-order valence-corrected chi connectivity index (χ4v) is 2.56. The van der Waals surface area contributed by atoms with E-state index in [1.807, 2.05) is 0 Å². The highest BCUT2D eigenvalue weighted by Gasteiger charge is 2.14. The maximum atomic E-state index is 13.7. The lowest BCUT2D eigenvalue weighted by Gasteiger charge is -2.11. The van der Waals surface area contributed by atoms with Gasteiger partial charge in [0.2, 0.25) is 0 Å². The largest absolute Gasteiger partial charge is 0.384 e. The monoisotopic (exact) mass is 348 g/mol. The summed E-state index contributed by atoms with van der Waals surface area (Å²) in [4.78, 5) is 16.6. The molecule has 4 N–H and O–H groups in total. The smallest absolute Gasteiger partial charge is 0.252 e. The van der Waals surface area contributed by atoms with Crippen LogP contribution in [0.1, 0.15) is 21.5 Å². The first-order valence-corrected chi connectivity index (χ1v) is 7.96. The number of nitrogen functional groups attached to an aromatic ring is 1. The highest BCUT2D eigenvalue weighted by molar-refractivity contribution is 6.00. The first kappa shape index (κ1) is 17.3. The minimum absolute atomic E-state index is 0.00647. The molecule has 1 amide bonds. The van der Waals surface area contributed by atoms with E-state index in [0.717, 1.165) is 5.56 Å². The van der Waals surface area contributed by atoms with Crippen LogP contribution in [0, 0.1) is 11.2 Å². The number of aromatic nitrogens is 1. The standard InChI is InChI=1S/C20H17FN4O/c21-16-7-8-17(18(10-16)15-2-1-9-24-12-15)20(26)25-11-13-3-5-14(6-4-13)19(22)23/h1-10,12H,11H2,(H3,22,23)(H,25,26). The van der Waals surface area contributed by atoms with Crippen LogP contribution >= 0.6 is 0 Å². The van der Waals surface area contributed by atoms with Crippen molar-refractivity contribution < 1.29 is 9.18 Å². The van der Waals surface area contributed by atoms with Crippen molar-refractivity contribution in [3.8, 4) is 11.1 Å². The van der Waals surface area contributed by atoms with Crippen LogP contribution in [0.2, 0.25) is 0 Å². The van der Waals surface area contributed by atoms with Crippen molar-refractivity contribution in [2.45, 2.75) is 6.54 Å². The average Bonchev–Trinajstić information content (AvgIpc) is 2.67. The van der Waals surface area contributed by atoms with Crippen molar-refractivity contribution in [1.82, 2.24) is 10.3 Å². The zero-order chi connectivity index (χ0) is 18.5. The molecule has 3 rings (SSSR count). The number of nitrogens with one attached hydrogen (secondary N) is 2. The molecular formula is C20H17FN4O. The van der Waals surface area contributed by atoms with Gasteiger partial charge in [0, 0.05) is 35.6 Å². The summed E-state index contributed by atoms with van der Waals surface area (Å²) < 4.78 is 13.7. The lowest BCUT2D eigenvalue weighted by Crippen LogP contribution is -2.23. The highest BCUT2D eigenvalue weighted by atomic mass is 19.1. The van der Waals surface area contributed by atoms with E-state index in [4.69, 9.17) is 11.1 Å². The van der Waals surface area contributed by atoms with Gasteiger partial charge in [0.05, 0.1) is 0 Å². The van der Waals surface area contributed by atoms with E-state index in [-0.39, 0.29) is 11.7 Å². The third-order valence-corrected chi connectivity index (χ3v) is 3.92. The summed E-state index contributed by atoms with van der Waals surface area (Å²) in [6, 6.07) is 14.6. The number of carbonyl (C=O) groups excluding carboxylic acids is 1. The molecule has 1 aromatic heterocycles. The fourth-order valence-electron chi connectivity index (χ4n) is 2.56. The molecule has 0 fully saturated rings. The second-order valence-corrected chi connectivity index (χ2v) is 5.72. The fraction of sp³-hybridized carbons (Fsp3) is 0.0500. The van der Waals surface area contributed by atoms with Crippen molar-refractivity contribution in [1.29, 1.82) is 5.41 Å². The minimum atomic E-state index is -0.416. The number of nitrogens with zero attached hydrogens (tertiary/aromatic N) is 1. The van der Waals surface area contributed by atoms with Crippen molar-refractivity contribution in [2.24, 2.45) is 5.73 Å². The summed E-state index contributed by atoms with van der Waals surface area (Å²) in [5.41, 5.74) is 8.45. The molecule has 26 heavy (non-hydrogen) atoms. The Kier molecular flexibility index (Phi) is 5.03. The van der Waals surface area contributed by atoms with Gasteiger partial charge in [-0.2, -0.15) is 0 Å². The minimum Gasteiger partial charge on any atom is -0.384 e. The maximum absolute atomic E-state index is 13.7. The lowest BCUT2D eigenvalue weighted by molar-refractivity contribution is 0.0951. The Morgan fingerprint density at radius 1 is 1.15 bits per heavy atom. The Bertz CT molecular complexity index is 940. The van der Waals surface area contributed by atoms with E-state index in [1.165, 1.54) is 18.2 Å². The van der Waals surface area contributed by atoms with E-state index in [9.17, 15) is 9.18 Å². The number of pyridine rings is 1. The Balaban J connectivity index is 1.79. The van der Waals surface area contributed by atoms with Crippen LogP contribution < -0.4 is 11.1 Å². The quantitative estimate of drug-likeness (QED) is 0.489. The van der Waals surface area contributed by atoms with Gasteiger partial charge in [-0.05, 0) is 35.4 Å². The number of rotatable bonds is 5. The topological polar surface area (TPSA) is 91.9 Å². The first-order chi connectivity index (χ1) is 12.5. The molecule has 0 spiro atoms. The molecule has 0 aliphatic rings. The summed E-state index contributed by atoms with van der Waals surface area (Å²) in [5.74, 6) is -0.729. The molecule has 0 bridgehead atoms. The van der Waals surface area contributed by atoms with Crippen molar-refractivity contribution in [2.75, 3.05) is 0 Å². The SMILES string of the molecule is N=C(N)c1ccc(CNC(=O)c2ccc(F)cc2-c2cccnc2)cc1. The number of halogens is 1. The Morgan fingerprint density at radius 2 is 1.92 bits per heavy atom. The van der Waals surface area contributed by atoms with E-state index < -0.39 is 5.82 Å². The van der Waals surface area contributed by atoms with Crippen LogP contribution in [0.3, 0.4) is 0 Å². The van der Waals surface area contributed by atoms with Crippen molar-refractivity contribution >= 4 is 11.7 Å². The molecule has 3 aromatic rings. The van der Waals surface area contributed by atoms with Gasteiger partial charge in [0.1, 0.15) is 11.7 Å². The number of benzene rings is 2. The van der Waals surface area contributed by atoms with Gasteiger partial charge in [-0.15, -0.1) is 0 Å². The van der Waals surface area contributed by atoms with Crippen LogP contribution in [-0.2, 0) is 6.54 Å². The molecule has 130 valence electrons. The predicted molar refractivity (Wildman–Crippen MR) is 98.3 cm³/mol. The molecule has 6 heteroatoms. The van der Waals surface area contributed by atoms with E-state index in [0.29, 0.717) is 28.8 Å². The molecule has 0 saturated heterocycles. The number of amides is 1. The van der Waals surface area contributed by atoms with Crippen molar-refractivity contribution in [3.63, 3.8) is 0 Å². The Labute approximate surface area is 150 Å². The van der Waals surface area contributed by atoms with Gasteiger partial charge in [-0.25, -0.2) is 4.39 Å². The number of hydrogen-bond donors (Lipinski definition) is 3. The summed E-state index contributed by atoms with van der Waals surface area (Å²) in [7, 11) is 0. The van der Waals surface area contributed by atoms with E-state index in [1.54, 1.807) is 48.8 Å². The second-order valence-electron chi connectivity index (χ2n) is 5.72. The second kappa shape index (κ2) is 7.57. The van der Waals surface area contributed by atoms with Crippen LogP contribution in [0.4, 0.5) is 4.39 Å². The molecule has 0 atom stereocenters. The average molecular weight is 348 g/mol.